The highest BCUT2D eigenvalue weighted by molar-refractivity contribution is 5.74. The fourth-order valence-electron chi connectivity index (χ4n) is 7.09. The number of nitrogens with zero attached hydrogens (tertiary/aromatic N) is 1. The Balaban J connectivity index is 1.48. The fourth-order valence-corrected chi connectivity index (χ4v) is 7.09. The first-order chi connectivity index (χ1) is 14.5. The zero-order chi connectivity index (χ0) is 20.7. The normalized spacial score (nSPS) is 39.1. The molecule has 1 spiro atoms. The molecule has 6 nitrogen and oxygen atoms in total. The molecule has 2 heterocycles. The number of hydrogen-bond acceptors (Lipinski definition) is 6. The van der Waals surface area contributed by atoms with Gasteiger partial charge in [-0.1, -0.05) is 19.4 Å². The van der Waals surface area contributed by atoms with Gasteiger partial charge in [0, 0.05) is 24.6 Å². The van der Waals surface area contributed by atoms with Gasteiger partial charge in [0.2, 0.25) is 0 Å². The zero-order valence-corrected chi connectivity index (χ0v) is 17.6. The van der Waals surface area contributed by atoms with Crippen molar-refractivity contribution in [3.05, 3.63) is 23.3 Å². The second-order valence-corrected chi connectivity index (χ2v) is 10.1. The molecular formula is C24H31NO5. The van der Waals surface area contributed by atoms with Crippen LogP contribution in [0.15, 0.2) is 12.1 Å². The van der Waals surface area contributed by atoms with E-state index in [1.165, 1.54) is 24.8 Å². The number of benzene rings is 1. The molecule has 2 saturated carbocycles. The van der Waals surface area contributed by atoms with Crippen molar-refractivity contribution in [1.29, 1.82) is 0 Å². The van der Waals surface area contributed by atoms with Crippen LogP contribution in [0.1, 0.15) is 63.0 Å². The van der Waals surface area contributed by atoms with E-state index in [0.29, 0.717) is 24.3 Å². The summed E-state index contributed by atoms with van der Waals surface area (Å²) in [5.41, 5.74) is 0.619. The van der Waals surface area contributed by atoms with Crippen molar-refractivity contribution in [3.8, 4) is 11.5 Å². The molecule has 0 radical (unpaired) electrons. The lowest BCUT2D eigenvalue weighted by atomic mass is 9.48. The number of hydrogen-bond donors (Lipinski definition) is 2. The van der Waals surface area contributed by atoms with E-state index in [1.807, 2.05) is 12.1 Å². The van der Waals surface area contributed by atoms with Gasteiger partial charge in [0.1, 0.15) is 6.10 Å². The quantitative estimate of drug-likeness (QED) is 0.583. The molecule has 5 atom stereocenters. The first-order valence-electron chi connectivity index (χ1n) is 11.7. The number of likely N-dealkylation sites (tertiary alicyclic amines) is 1. The number of aliphatic hydroxyl groups excluding tert-OH is 1. The van der Waals surface area contributed by atoms with E-state index >= 15 is 0 Å². The number of aliphatic hydroxyl groups is 2. The number of ether oxygens (including phenoxy) is 2. The summed E-state index contributed by atoms with van der Waals surface area (Å²) in [4.78, 5) is 14.5. The number of carbonyl (C=O) groups excluding carboxylic acids is 1. The molecular weight excluding hydrogens is 382 g/mol. The monoisotopic (exact) mass is 413 g/mol. The molecule has 0 amide bonds. The molecule has 30 heavy (non-hydrogen) atoms. The lowest BCUT2D eigenvalue weighted by Crippen LogP contribution is -2.77. The number of esters is 1. The molecule has 6 rings (SSSR count). The highest BCUT2D eigenvalue weighted by Gasteiger charge is 2.73. The molecule has 3 aliphatic carbocycles. The van der Waals surface area contributed by atoms with Gasteiger partial charge >= 0.3 is 5.97 Å². The Morgan fingerprint density at radius 2 is 2.13 bits per heavy atom. The van der Waals surface area contributed by atoms with Crippen LogP contribution in [0.5, 0.6) is 11.5 Å². The van der Waals surface area contributed by atoms with E-state index in [-0.39, 0.29) is 18.4 Å². The Labute approximate surface area is 177 Å². The Morgan fingerprint density at radius 1 is 1.30 bits per heavy atom. The van der Waals surface area contributed by atoms with Crippen molar-refractivity contribution in [3.63, 3.8) is 0 Å². The van der Waals surface area contributed by atoms with Gasteiger partial charge in [-0.3, -0.25) is 9.69 Å². The summed E-state index contributed by atoms with van der Waals surface area (Å²) in [6.45, 7) is 3.74. The van der Waals surface area contributed by atoms with Gasteiger partial charge in [-0.05, 0) is 62.6 Å². The highest BCUT2D eigenvalue weighted by Crippen LogP contribution is 2.65. The first-order valence-corrected chi connectivity index (χ1v) is 11.7. The van der Waals surface area contributed by atoms with Gasteiger partial charge in [0.15, 0.2) is 11.5 Å². The molecule has 6 heteroatoms. The van der Waals surface area contributed by atoms with Crippen molar-refractivity contribution in [2.24, 2.45) is 5.92 Å². The fraction of sp³-hybridized carbons (Fsp3) is 0.708. The summed E-state index contributed by atoms with van der Waals surface area (Å²) in [6.07, 6.45) is 5.75. The van der Waals surface area contributed by atoms with E-state index in [0.717, 1.165) is 37.4 Å². The molecule has 1 aromatic rings. The Morgan fingerprint density at radius 3 is 2.87 bits per heavy atom. The smallest absolute Gasteiger partial charge is 0.311 e. The van der Waals surface area contributed by atoms with Gasteiger partial charge in [0.05, 0.1) is 17.1 Å². The van der Waals surface area contributed by atoms with Crippen molar-refractivity contribution < 1.29 is 24.5 Å². The van der Waals surface area contributed by atoms with E-state index in [2.05, 4.69) is 4.90 Å². The van der Waals surface area contributed by atoms with Crippen LogP contribution >= 0.6 is 0 Å². The third-order valence-corrected chi connectivity index (χ3v) is 8.76. The maximum atomic E-state index is 12.3. The molecule has 1 aromatic carbocycles. The van der Waals surface area contributed by atoms with E-state index in [9.17, 15) is 15.0 Å². The molecule has 0 unspecified atom stereocenters. The van der Waals surface area contributed by atoms with Gasteiger partial charge in [-0.25, -0.2) is 0 Å². The van der Waals surface area contributed by atoms with Crippen molar-refractivity contribution in [2.45, 2.75) is 87.6 Å². The maximum Gasteiger partial charge on any atom is 0.311 e. The molecule has 3 fully saturated rings. The average molecular weight is 414 g/mol. The Kier molecular flexibility index (Phi) is 4.10. The Bertz CT molecular complexity index is 898. The van der Waals surface area contributed by atoms with Crippen LogP contribution in [0.25, 0.3) is 0 Å². The molecule has 2 N–H and O–H groups in total. The van der Waals surface area contributed by atoms with E-state index in [4.69, 9.17) is 9.47 Å². The highest BCUT2D eigenvalue weighted by atomic mass is 16.6. The summed E-state index contributed by atoms with van der Waals surface area (Å²) < 4.78 is 12.0. The van der Waals surface area contributed by atoms with Crippen molar-refractivity contribution >= 4 is 5.97 Å². The first kappa shape index (κ1) is 19.1. The zero-order valence-electron chi connectivity index (χ0n) is 17.6. The molecule has 2 aliphatic heterocycles. The average Bonchev–Trinajstić information content (AvgIpc) is 3.05. The standard InChI is InChI=1S/C24H31NO5/c1-2-19(27)29-17-7-6-15-12-18-24(28)9-8-16(26)22-23(24,20(15)21(17)30-22)10-11-25(18)13-14-4-3-5-14/h6-7,14,16,18,22,26,28H,2-5,8-13H2,1H3/t16-,18+,22-,23-,24+/m0/s1. The van der Waals surface area contributed by atoms with Gasteiger partial charge in [-0.2, -0.15) is 0 Å². The minimum Gasteiger partial charge on any atom is -0.482 e. The van der Waals surface area contributed by atoms with Crippen LogP contribution in [0.4, 0.5) is 0 Å². The van der Waals surface area contributed by atoms with Crippen molar-refractivity contribution in [2.75, 3.05) is 13.1 Å². The largest absolute Gasteiger partial charge is 0.482 e. The summed E-state index contributed by atoms with van der Waals surface area (Å²) >= 11 is 0. The van der Waals surface area contributed by atoms with Gasteiger partial charge in [0.25, 0.3) is 0 Å². The number of rotatable bonds is 4. The van der Waals surface area contributed by atoms with Crippen molar-refractivity contribution in [1.82, 2.24) is 4.90 Å². The van der Waals surface area contributed by atoms with E-state index < -0.39 is 23.2 Å². The molecule has 2 bridgehead atoms. The van der Waals surface area contributed by atoms with Crippen LogP contribution < -0.4 is 9.47 Å². The topological polar surface area (TPSA) is 79.2 Å². The third kappa shape index (κ3) is 2.28. The second-order valence-electron chi connectivity index (χ2n) is 10.1. The lowest BCUT2D eigenvalue weighted by molar-refractivity contribution is -0.209. The minimum absolute atomic E-state index is 0.0490. The predicted octanol–water partition coefficient (Wildman–Crippen LogP) is 2.32. The summed E-state index contributed by atoms with van der Waals surface area (Å²) in [5.74, 6) is 1.45. The third-order valence-electron chi connectivity index (χ3n) is 8.76. The van der Waals surface area contributed by atoms with E-state index in [1.54, 1.807) is 6.92 Å². The molecule has 1 saturated heterocycles. The summed E-state index contributed by atoms with van der Waals surface area (Å²) in [6, 6.07) is 3.93. The number of carbonyl (C=O) groups is 1. The molecule has 162 valence electrons. The Hall–Kier alpha value is -1.63. The summed E-state index contributed by atoms with van der Waals surface area (Å²) in [7, 11) is 0. The predicted molar refractivity (Wildman–Crippen MR) is 110 cm³/mol. The molecule has 0 aromatic heterocycles. The lowest BCUT2D eigenvalue weighted by Gasteiger charge is -2.64. The number of piperidine rings is 1. The van der Waals surface area contributed by atoms with Crippen LogP contribution in [0.2, 0.25) is 0 Å². The SMILES string of the molecule is CCC(=O)Oc1ccc2c3c1O[C@H]1[C@@H](O)CC[C@@]4(O)[C@@H](C2)N(CC2CCC2)CC[C@]314. The second kappa shape index (κ2) is 6.44. The van der Waals surface area contributed by atoms with Gasteiger partial charge in [-0.15, -0.1) is 0 Å². The van der Waals surface area contributed by atoms with Crippen LogP contribution in [0.3, 0.4) is 0 Å². The summed E-state index contributed by atoms with van der Waals surface area (Å²) in [5, 5.41) is 23.2. The molecule has 5 aliphatic rings. The minimum atomic E-state index is -0.926. The van der Waals surface area contributed by atoms with Crippen LogP contribution in [0, 0.1) is 5.92 Å². The maximum absolute atomic E-state index is 12.3. The van der Waals surface area contributed by atoms with Crippen LogP contribution in [-0.4, -0.2) is 58.0 Å². The van der Waals surface area contributed by atoms with Crippen LogP contribution in [-0.2, 0) is 16.6 Å². The van der Waals surface area contributed by atoms with Gasteiger partial charge < -0.3 is 19.7 Å².